The highest BCUT2D eigenvalue weighted by Crippen LogP contribution is 2.23. The standard InChI is InChI=1S/C7H11F3O/c1-2-3-4-5-7(9,10)6(8)11/h2-5H2,1H3. The van der Waals surface area contributed by atoms with Crippen LogP contribution in [0.4, 0.5) is 13.2 Å². The van der Waals surface area contributed by atoms with Gasteiger partial charge in [-0.15, -0.1) is 0 Å². The molecule has 0 aliphatic carbocycles. The second-order valence-electron chi connectivity index (χ2n) is 2.44. The van der Waals surface area contributed by atoms with Crippen LogP contribution in [0.15, 0.2) is 0 Å². The average molecular weight is 168 g/mol. The maximum absolute atomic E-state index is 12.1. The Morgan fingerprint density at radius 3 is 2.27 bits per heavy atom. The third-order valence-corrected chi connectivity index (χ3v) is 1.38. The SMILES string of the molecule is CCCCCC(F)(F)C(=O)F. The van der Waals surface area contributed by atoms with Crippen LogP contribution in [0.5, 0.6) is 0 Å². The zero-order chi connectivity index (χ0) is 8.91. The van der Waals surface area contributed by atoms with Gasteiger partial charge in [-0.05, 0) is 6.42 Å². The highest BCUT2D eigenvalue weighted by Gasteiger charge is 2.37. The zero-order valence-corrected chi connectivity index (χ0v) is 6.37. The molecule has 0 aliphatic heterocycles. The van der Waals surface area contributed by atoms with E-state index in [1.54, 1.807) is 0 Å². The Morgan fingerprint density at radius 1 is 1.36 bits per heavy atom. The normalized spacial score (nSPS) is 11.6. The van der Waals surface area contributed by atoms with Gasteiger partial charge in [-0.2, -0.15) is 13.2 Å². The highest BCUT2D eigenvalue weighted by molar-refractivity contribution is 5.76. The van der Waals surface area contributed by atoms with Gasteiger partial charge in [-0.3, -0.25) is 4.79 Å². The number of hydrogen-bond donors (Lipinski definition) is 0. The summed E-state index contributed by atoms with van der Waals surface area (Å²) in [7, 11) is 0. The van der Waals surface area contributed by atoms with Crippen molar-refractivity contribution >= 4 is 6.04 Å². The van der Waals surface area contributed by atoms with Crippen LogP contribution in [0.3, 0.4) is 0 Å². The van der Waals surface area contributed by atoms with Crippen LogP contribution in [0, 0.1) is 0 Å². The first-order valence-electron chi connectivity index (χ1n) is 3.58. The molecule has 0 N–H and O–H groups in total. The van der Waals surface area contributed by atoms with Gasteiger partial charge < -0.3 is 0 Å². The third kappa shape index (κ3) is 4.01. The molecule has 11 heavy (non-hydrogen) atoms. The second-order valence-corrected chi connectivity index (χ2v) is 2.44. The van der Waals surface area contributed by atoms with Gasteiger partial charge in [0, 0.05) is 6.42 Å². The molecular weight excluding hydrogens is 157 g/mol. The van der Waals surface area contributed by atoms with Gasteiger partial charge in [0.1, 0.15) is 0 Å². The lowest BCUT2D eigenvalue weighted by atomic mass is 10.1. The minimum Gasteiger partial charge on any atom is -0.254 e. The van der Waals surface area contributed by atoms with Crippen molar-refractivity contribution in [3.05, 3.63) is 0 Å². The predicted octanol–water partition coefficient (Wildman–Crippen LogP) is 2.70. The molecule has 0 saturated heterocycles. The summed E-state index contributed by atoms with van der Waals surface area (Å²) in [5.74, 6) is -3.75. The lowest BCUT2D eigenvalue weighted by molar-refractivity contribution is -0.156. The molecule has 0 atom stereocenters. The monoisotopic (exact) mass is 168 g/mol. The molecule has 0 heterocycles. The Hall–Kier alpha value is -0.540. The van der Waals surface area contributed by atoms with Crippen LogP contribution in [-0.4, -0.2) is 12.0 Å². The molecule has 66 valence electrons. The minimum atomic E-state index is -3.75. The fourth-order valence-electron chi connectivity index (χ4n) is 0.695. The quantitative estimate of drug-likeness (QED) is 0.455. The molecule has 0 aromatic heterocycles. The first-order chi connectivity index (χ1) is 5.00. The van der Waals surface area contributed by atoms with E-state index >= 15 is 0 Å². The van der Waals surface area contributed by atoms with Crippen LogP contribution in [-0.2, 0) is 4.79 Å². The molecule has 4 heteroatoms. The van der Waals surface area contributed by atoms with E-state index in [1.807, 2.05) is 6.92 Å². The molecule has 0 bridgehead atoms. The molecule has 0 fully saturated rings. The van der Waals surface area contributed by atoms with E-state index in [0.717, 1.165) is 6.42 Å². The summed E-state index contributed by atoms with van der Waals surface area (Å²) in [6.45, 7) is 1.84. The van der Waals surface area contributed by atoms with E-state index in [2.05, 4.69) is 0 Å². The lowest BCUT2D eigenvalue weighted by Crippen LogP contribution is -2.24. The van der Waals surface area contributed by atoms with Crippen molar-refractivity contribution < 1.29 is 18.0 Å². The van der Waals surface area contributed by atoms with Crippen molar-refractivity contribution in [3.8, 4) is 0 Å². The van der Waals surface area contributed by atoms with Gasteiger partial charge >= 0.3 is 12.0 Å². The largest absolute Gasteiger partial charge is 0.370 e. The number of carbonyl (C=O) groups excluding carboxylic acids is 1. The van der Waals surface area contributed by atoms with E-state index in [9.17, 15) is 18.0 Å². The van der Waals surface area contributed by atoms with Crippen LogP contribution in [0.2, 0.25) is 0 Å². The van der Waals surface area contributed by atoms with Crippen molar-refractivity contribution in [3.63, 3.8) is 0 Å². The van der Waals surface area contributed by atoms with Crippen molar-refractivity contribution in [2.24, 2.45) is 0 Å². The maximum Gasteiger partial charge on any atom is 0.370 e. The van der Waals surface area contributed by atoms with Gasteiger partial charge in [-0.1, -0.05) is 19.8 Å². The fraction of sp³-hybridized carbons (Fsp3) is 0.857. The number of hydrogen-bond acceptors (Lipinski definition) is 1. The molecule has 0 aromatic carbocycles. The number of unbranched alkanes of at least 4 members (excludes halogenated alkanes) is 2. The molecule has 0 aromatic rings. The Balaban J connectivity index is 3.64. The summed E-state index contributed by atoms with van der Waals surface area (Å²) in [6, 6.07) is -2.52. The fourth-order valence-corrected chi connectivity index (χ4v) is 0.695. The van der Waals surface area contributed by atoms with Gasteiger partial charge in [-0.25, -0.2) is 0 Å². The topological polar surface area (TPSA) is 17.1 Å². The van der Waals surface area contributed by atoms with E-state index in [4.69, 9.17) is 0 Å². The Morgan fingerprint density at radius 2 is 1.91 bits per heavy atom. The van der Waals surface area contributed by atoms with Crippen LogP contribution in [0.1, 0.15) is 32.6 Å². The summed E-state index contributed by atoms with van der Waals surface area (Å²) < 4.78 is 35.8. The maximum atomic E-state index is 12.1. The van der Waals surface area contributed by atoms with Gasteiger partial charge in [0.05, 0.1) is 0 Å². The summed E-state index contributed by atoms with van der Waals surface area (Å²) in [6.07, 6.45) is 0.898. The lowest BCUT2D eigenvalue weighted by Gasteiger charge is -2.08. The highest BCUT2D eigenvalue weighted by atomic mass is 19.3. The molecule has 0 unspecified atom stereocenters. The summed E-state index contributed by atoms with van der Waals surface area (Å²) in [5.41, 5.74) is 0. The molecule has 1 nitrogen and oxygen atoms in total. The Labute approximate surface area is 63.6 Å². The molecule has 0 amide bonds. The molecule has 0 radical (unpaired) electrons. The Bertz CT molecular complexity index is 134. The molecular formula is C7H11F3O. The summed E-state index contributed by atoms with van der Waals surface area (Å²) in [4.78, 5) is 9.64. The predicted molar refractivity (Wildman–Crippen MR) is 35.2 cm³/mol. The van der Waals surface area contributed by atoms with Gasteiger partial charge in [0.15, 0.2) is 0 Å². The Kier molecular flexibility index (Phi) is 4.15. The first-order valence-corrected chi connectivity index (χ1v) is 3.58. The summed E-state index contributed by atoms with van der Waals surface area (Å²) in [5, 5.41) is 0. The van der Waals surface area contributed by atoms with Crippen LogP contribution >= 0.6 is 0 Å². The van der Waals surface area contributed by atoms with Crippen molar-refractivity contribution in [1.82, 2.24) is 0 Å². The third-order valence-electron chi connectivity index (χ3n) is 1.38. The van der Waals surface area contributed by atoms with E-state index in [1.165, 1.54) is 0 Å². The number of rotatable bonds is 5. The van der Waals surface area contributed by atoms with Crippen molar-refractivity contribution in [2.45, 2.75) is 38.5 Å². The molecule has 0 saturated carbocycles. The van der Waals surface area contributed by atoms with Gasteiger partial charge in [0.25, 0.3) is 0 Å². The summed E-state index contributed by atoms with van der Waals surface area (Å²) >= 11 is 0. The average Bonchev–Trinajstić information content (AvgIpc) is 1.88. The second kappa shape index (κ2) is 4.36. The number of alkyl halides is 2. The van der Waals surface area contributed by atoms with Crippen molar-refractivity contribution in [2.75, 3.05) is 0 Å². The van der Waals surface area contributed by atoms with E-state index in [-0.39, 0.29) is 6.42 Å². The number of halogens is 3. The first kappa shape index (κ1) is 10.5. The minimum absolute atomic E-state index is 0.194. The van der Waals surface area contributed by atoms with E-state index < -0.39 is 18.4 Å². The van der Waals surface area contributed by atoms with Crippen LogP contribution in [0.25, 0.3) is 0 Å². The van der Waals surface area contributed by atoms with Crippen LogP contribution < -0.4 is 0 Å². The number of carbonyl (C=O) groups is 1. The smallest absolute Gasteiger partial charge is 0.254 e. The van der Waals surface area contributed by atoms with Gasteiger partial charge in [0.2, 0.25) is 0 Å². The zero-order valence-electron chi connectivity index (χ0n) is 6.37. The molecule has 0 spiro atoms. The van der Waals surface area contributed by atoms with E-state index in [0.29, 0.717) is 6.42 Å². The van der Waals surface area contributed by atoms with Crippen molar-refractivity contribution in [1.29, 1.82) is 0 Å². The molecule has 0 aliphatic rings. The molecule has 0 rings (SSSR count).